The van der Waals surface area contributed by atoms with Crippen molar-refractivity contribution in [3.63, 3.8) is 0 Å². The minimum Gasteiger partial charge on any atom is -0.332 e. The van der Waals surface area contributed by atoms with Crippen LogP contribution in [-0.4, -0.2) is 59.1 Å². The lowest BCUT2D eigenvalue weighted by atomic mass is 10.2. The molecule has 0 aliphatic carbocycles. The van der Waals surface area contributed by atoms with E-state index >= 15 is 0 Å². The second kappa shape index (κ2) is 8.03. The molecule has 0 saturated carbocycles. The first kappa shape index (κ1) is 18.8. The number of likely N-dealkylation sites (N-methyl/N-ethyl adjacent to an activating group) is 1. The van der Waals surface area contributed by atoms with E-state index in [0.29, 0.717) is 18.8 Å². The van der Waals surface area contributed by atoms with Crippen molar-refractivity contribution in [2.75, 3.05) is 38.0 Å². The van der Waals surface area contributed by atoms with Crippen LogP contribution in [0, 0.1) is 0 Å². The van der Waals surface area contributed by atoms with Gasteiger partial charge in [-0.15, -0.1) is 11.8 Å². The summed E-state index contributed by atoms with van der Waals surface area (Å²) in [6.45, 7) is 12.4. The van der Waals surface area contributed by atoms with E-state index in [2.05, 4.69) is 37.9 Å². The molecule has 1 aromatic rings. The van der Waals surface area contributed by atoms with Crippen LogP contribution in [-0.2, 0) is 9.59 Å². The van der Waals surface area contributed by atoms with Gasteiger partial charge >= 0.3 is 11.8 Å². The number of carbonyl (C=O) groups excluding carboxylic acids is 2. The first-order chi connectivity index (χ1) is 11.3. The molecule has 0 atom stereocenters. The third kappa shape index (κ3) is 5.53. The molecule has 1 heterocycles. The third-order valence-corrected chi connectivity index (χ3v) is 4.96. The van der Waals surface area contributed by atoms with Crippen LogP contribution in [0.3, 0.4) is 0 Å². The summed E-state index contributed by atoms with van der Waals surface area (Å²) in [6, 6.07) is 7.62. The zero-order valence-corrected chi connectivity index (χ0v) is 15.8. The fourth-order valence-electron chi connectivity index (χ4n) is 2.56. The first-order valence-corrected chi connectivity index (χ1v) is 9.22. The molecule has 132 valence electrons. The van der Waals surface area contributed by atoms with E-state index in [9.17, 15) is 9.59 Å². The molecule has 2 rings (SSSR count). The van der Waals surface area contributed by atoms with Gasteiger partial charge in [-0.05, 0) is 30.8 Å². The van der Waals surface area contributed by atoms with Crippen LogP contribution in [0.25, 0.3) is 0 Å². The van der Waals surface area contributed by atoms with E-state index in [1.54, 1.807) is 16.7 Å². The Morgan fingerprint density at radius 1 is 1.08 bits per heavy atom. The standard InChI is InChI=1S/C18H27N3O2S/c1-5-20-10-12-21(13-11-20)17(23)16(22)19-14-6-8-15(9-7-14)24-18(2,3)4/h6-9H,5,10-13H2,1-4H3,(H,19,22). The summed E-state index contributed by atoms with van der Waals surface area (Å²) < 4.78 is 0.140. The van der Waals surface area contributed by atoms with Crippen LogP contribution in [0.4, 0.5) is 5.69 Å². The number of thioether (sulfide) groups is 1. The molecule has 0 spiro atoms. The smallest absolute Gasteiger partial charge is 0.313 e. The largest absolute Gasteiger partial charge is 0.332 e. The summed E-state index contributed by atoms with van der Waals surface area (Å²) in [6.07, 6.45) is 0. The molecule has 1 N–H and O–H groups in total. The van der Waals surface area contributed by atoms with Crippen molar-refractivity contribution in [3.05, 3.63) is 24.3 Å². The van der Waals surface area contributed by atoms with Crippen molar-refractivity contribution in [2.24, 2.45) is 0 Å². The number of carbonyl (C=O) groups is 2. The van der Waals surface area contributed by atoms with Gasteiger partial charge in [0.05, 0.1) is 0 Å². The molecule has 1 aliphatic heterocycles. The maximum absolute atomic E-state index is 12.2. The van der Waals surface area contributed by atoms with Gasteiger partial charge in [-0.25, -0.2) is 0 Å². The lowest BCUT2D eigenvalue weighted by Gasteiger charge is -2.33. The first-order valence-electron chi connectivity index (χ1n) is 8.40. The molecular weight excluding hydrogens is 322 g/mol. The summed E-state index contributed by atoms with van der Waals surface area (Å²) in [5, 5.41) is 2.70. The molecule has 2 amide bonds. The molecule has 5 nitrogen and oxygen atoms in total. The number of piperazine rings is 1. The Balaban J connectivity index is 1.88. The zero-order valence-electron chi connectivity index (χ0n) is 15.0. The number of nitrogens with one attached hydrogen (secondary N) is 1. The summed E-state index contributed by atoms with van der Waals surface area (Å²) in [5.41, 5.74) is 0.652. The minimum absolute atomic E-state index is 0.140. The zero-order chi connectivity index (χ0) is 17.7. The summed E-state index contributed by atoms with van der Waals surface area (Å²) in [5.74, 6) is -1.00. The van der Waals surface area contributed by atoms with Crippen LogP contribution in [0.2, 0.25) is 0 Å². The third-order valence-electron chi connectivity index (χ3n) is 3.84. The van der Waals surface area contributed by atoms with Gasteiger partial charge in [0.2, 0.25) is 0 Å². The van der Waals surface area contributed by atoms with Gasteiger partial charge in [0.1, 0.15) is 0 Å². The average molecular weight is 350 g/mol. The average Bonchev–Trinajstić information content (AvgIpc) is 2.54. The van der Waals surface area contributed by atoms with Crippen molar-refractivity contribution in [1.29, 1.82) is 0 Å². The van der Waals surface area contributed by atoms with Gasteiger partial charge < -0.3 is 15.1 Å². The van der Waals surface area contributed by atoms with E-state index in [0.717, 1.165) is 24.5 Å². The van der Waals surface area contributed by atoms with Crippen molar-refractivity contribution in [2.45, 2.75) is 37.3 Å². The minimum atomic E-state index is -0.559. The highest BCUT2D eigenvalue weighted by molar-refractivity contribution is 8.00. The van der Waals surface area contributed by atoms with Gasteiger partial charge in [-0.2, -0.15) is 0 Å². The number of anilines is 1. The fourth-order valence-corrected chi connectivity index (χ4v) is 3.53. The van der Waals surface area contributed by atoms with Gasteiger partial charge in [0.15, 0.2) is 0 Å². The van der Waals surface area contributed by atoms with Crippen LogP contribution >= 0.6 is 11.8 Å². The number of benzene rings is 1. The number of amides is 2. The predicted octanol–water partition coefficient (Wildman–Crippen LogP) is 2.68. The Morgan fingerprint density at radius 2 is 1.67 bits per heavy atom. The van der Waals surface area contributed by atoms with Gasteiger partial charge in [0.25, 0.3) is 0 Å². The molecule has 1 fully saturated rings. The maximum Gasteiger partial charge on any atom is 0.313 e. The van der Waals surface area contributed by atoms with E-state index in [1.165, 1.54) is 0 Å². The Labute approximate surface area is 148 Å². The number of hydrogen-bond donors (Lipinski definition) is 1. The normalized spacial score (nSPS) is 16.1. The van der Waals surface area contributed by atoms with Crippen LogP contribution in [0.15, 0.2) is 29.2 Å². The second-order valence-electron chi connectivity index (χ2n) is 6.92. The quantitative estimate of drug-likeness (QED) is 0.673. The topological polar surface area (TPSA) is 52.7 Å². The fraction of sp³-hybridized carbons (Fsp3) is 0.556. The monoisotopic (exact) mass is 349 g/mol. The molecule has 0 aromatic heterocycles. The molecule has 0 radical (unpaired) electrons. The predicted molar refractivity (Wildman–Crippen MR) is 99.4 cm³/mol. The van der Waals surface area contributed by atoms with E-state index in [1.807, 2.05) is 24.3 Å². The molecule has 6 heteroatoms. The van der Waals surface area contributed by atoms with Crippen LogP contribution in [0.5, 0.6) is 0 Å². The highest BCUT2D eigenvalue weighted by Crippen LogP contribution is 2.32. The lowest BCUT2D eigenvalue weighted by Crippen LogP contribution is -2.51. The van der Waals surface area contributed by atoms with E-state index in [-0.39, 0.29) is 4.75 Å². The van der Waals surface area contributed by atoms with Crippen molar-refractivity contribution < 1.29 is 9.59 Å². The van der Waals surface area contributed by atoms with E-state index in [4.69, 9.17) is 0 Å². The Morgan fingerprint density at radius 3 is 2.17 bits per heavy atom. The Bertz CT molecular complexity index is 573. The number of nitrogens with zero attached hydrogens (tertiary/aromatic N) is 2. The van der Waals surface area contributed by atoms with Gasteiger partial charge in [-0.3, -0.25) is 9.59 Å². The van der Waals surface area contributed by atoms with Gasteiger partial charge in [0, 0.05) is 41.5 Å². The van der Waals surface area contributed by atoms with E-state index < -0.39 is 11.8 Å². The lowest BCUT2D eigenvalue weighted by molar-refractivity contribution is -0.144. The van der Waals surface area contributed by atoms with Crippen LogP contribution < -0.4 is 5.32 Å². The molecule has 0 bridgehead atoms. The van der Waals surface area contributed by atoms with Gasteiger partial charge in [-0.1, -0.05) is 27.7 Å². The molecular formula is C18H27N3O2S. The Hall–Kier alpha value is -1.53. The van der Waals surface area contributed by atoms with Crippen molar-refractivity contribution in [1.82, 2.24) is 9.80 Å². The molecule has 24 heavy (non-hydrogen) atoms. The Kier molecular flexibility index (Phi) is 6.29. The molecule has 0 unspecified atom stereocenters. The number of hydrogen-bond acceptors (Lipinski definition) is 4. The molecule has 1 saturated heterocycles. The highest BCUT2D eigenvalue weighted by atomic mass is 32.2. The molecule has 1 aliphatic rings. The van der Waals surface area contributed by atoms with Crippen LogP contribution in [0.1, 0.15) is 27.7 Å². The highest BCUT2D eigenvalue weighted by Gasteiger charge is 2.25. The van der Waals surface area contributed by atoms with Crippen molar-refractivity contribution in [3.8, 4) is 0 Å². The summed E-state index contributed by atoms with van der Waals surface area (Å²) in [4.78, 5) is 29.4. The maximum atomic E-state index is 12.2. The molecule has 1 aromatic carbocycles. The second-order valence-corrected chi connectivity index (χ2v) is 8.82. The van der Waals surface area contributed by atoms with Crippen molar-refractivity contribution >= 4 is 29.3 Å². The SMILES string of the molecule is CCN1CCN(C(=O)C(=O)Nc2ccc(SC(C)(C)C)cc2)CC1. The number of rotatable bonds is 3. The summed E-state index contributed by atoms with van der Waals surface area (Å²) >= 11 is 1.77. The summed E-state index contributed by atoms with van der Waals surface area (Å²) in [7, 11) is 0.